The Kier molecular flexibility index (Phi) is 8.96. The number of benzene rings is 1. The zero-order chi connectivity index (χ0) is 23.0. The number of carbonyl (C=O) groups is 2. The average molecular weight is 470 g/mol. The third kappa shape index (κ3) is 9.03. The molecule has 0 fully saturated rings. The highest BCUT2D eigenvalue weighted by Crippen LogP contribution is 2.24. The number of aromatic nitrogens is 1. The largest absolute Gasteiger partial charge is 0.466 e. The van der Waals surface area contributed by atoms with Gasteiger partial charge in [-0.25, -0.2) is 14.0 Å². The van der Waals surface area contributed by atoms with Crippen molar-refractivity contribution in [3.63, 3.8) is 0 Å². The van der Waals surface area contributed by atoms with Crippen LogP contribution in [0.15, 0.2) is 29.6 Å². The summed E-state index contributed by atoms with van der Waals surface area (Å²) in [5.41, 5.74) is 1.28. The van der Waals surface area contributed by atoms with Crippen molar-refractivity contribution in [2.45, 2.75) is 52.2 Å². The minimum absolute atomic E-state index is 0.0577. The highest BCUT2D eigenvalue weighted by Gasteiger charge is 2.23. The third-order valence-electron chi connectivity index (χ3n) is 3.79. The SMILES string of the molecule is CCOC(=O)Cc1csc([C@H](Cc2ccc(NS(=O)O)cc2)NC(=O)OC(C)(C)C)n1. The van der Waals surface area contributed by atoms with Crippen LogP contribution < -0.4 is 10.0 Å². The van der Waals surface area contributed by atoms with Gasteiger partial charge in [-0.15, -0.1) is 11.3 Å². The van der Waals surface area contributed by atoms with E-state index in [1.54, 1.807) is 57.3 Å². The Bertz CT molecular complexity index is 908. The Morgan fingerprint density at radius 2 is 1.94 bits per heavy atom. The van der Waals surface area contributed by atoms with Gasteiger partial charge >= 0.3 is 12.1 Å². The first-order valence-corrected chi connectivity index (χ1v) is 11.6. The van der Waals surface area contributed by atoms with Crippen molar-refractivity contribution in [2.24, 2.45) is 0 Å². The molecule has 1 aromatic carbocycles. The predicted molar refractivity (Wildman–Crippen MR) is 119 cm³/mol. The van der Waals surface area contributed by atoms with Gasteiger partial charge in [-0.2, -0.15) is 0 Å². The molecule has 9 nitrogen and oxygen atoms in total. The quantitative estimate of drug-likeness (QED) is 0.378. The maximum Gasteiger partial charge on any atom is 0.408 e. The number of hydrogen-bond acceptors (Lipinski definition) is 7. The molecule has 0 saturated heterocycles. The summed E-state index contributed by atoms with van der Waals surface area (Å²) in [4.78, 5) is 28.6. The number of alkyl carbamates (subject to hydrolysis) is 1. The van der Waals surface area contributed by atoms with Crippen molar-refractivity contribution >= 4 is 40.4 Å². The lowest BCUT2D eigenvalue weighted by molar-refractivity contribution is -0.142. The molecule has 2 atom stereocenters. The predicted octanol–water partition coefficient (Wildman–Crippen LogP) is 3.61. The zero-order valence-corrected chi connectivity index (χ0v) is 19.5. The van der Waals surface area contributed by atoms with Gasteiger partial charge in [-0.3, -0.25) is 14.1 Å². The number of anilines is 1. The second-order valence-electron chi connectivity index (χ2n) is 7.61. The van der Waals surface area contributed by atoms with Crippen LogP contribution in [0, 0.1) is 0 Å². The Morgan fingerprint density at radius 1 is 1.26 bits per heavy atom. The summed E-state index contributed by atoms with van der Waals surface area (Å²) >= 11 is -0.821. The zero-order valence-electron chi connectivity index (χ0n) is 17.8. The van der Waals surface area contributed by atoms with E-state index in [2.05, 4.69) is 15.0 Å². The van der Waals surface area contributed by atoms with Gasteiger partial charge in [0.25, 0.3) is 11.3 Å². The Morgan fingerprint density at radius 3 is 2.52 bits per heavy atom. The minimum Gasteiger partial charge on any atom is -0.466 e. The molecule has 2 rings (SSSR count). The van der Waals surface area contributed by atoms with Gasteiger partial charge in [0.1, 0.15) is 10.6 Å². The summed E-state index contributed by atoms with van der Waals surface area (Å²) in [6.45, 7) is 7.37. The van der Waals surface area contributed by atoms with Crippen LogP contribution in [0.25, 0.3) is 0 Å². The van der Waals surface area contributed by atoms with Crippen molar-refractivity contribution in [3.8, 4) is 0 Å². The lowest BCUT2D eigenvalue weighted by Gasteiger charge is -2.23. The summed E-state index contributed by atoms with van der Waals surface area (Å²) in [6, 6.07) is 6.42. The van der Waals surface area contributed by atoms with E-state index in [9.17, 15) is 13.8 Å². The lowest BCUT2D eigenvalue weighted by Crippen LogP contribution is -2.35. The van der Waals surface area contributed by atoms with Crippen LogP contribution in [0.4, 0.5) is 10.5 Å². The first kappa shape index (κ1) is 24.8. The van der Waals surface area contributed by atoms with Crippen LogP contribution in [-0.2, 0) is 38.4 Å². The van der Waals surface area contributed by atoms with Gasteiger partial charge in [-0.1, -0.05) is 12.1 Å². The number of esters is 1. The molecule has 1 aromatic heterocycles. The molecule has 3 N–H and O–H groups in total. The van der Waals surface area contributed by atoms with Gasteiger partial charge < -0.3 is 14.8 Å². The molecule has 1 unspecified atom stereocenters. The first-order chi connectivity index (χ1) is 14.6. The van der Waals surface area contributed by atoms with Gasteiger partial charge in [0.15, 0.2) is 0 Å². The number of nitrogens with one attached hydrogen (secondary N) is 2. The van der Waals surface area contributed by atoms with Crippen molar-refractivity contribution in [1.82, 2.24) is 10.3 Å². The smallest absolute Gasteiger partial charge is 0.408 e. The summed E-state index contributed by atoms with van der Waals surface area (Å²) in [6.07, 6.45) is -0.107. The van der Waals surface area contributed by atoms with E-state index >= 15 is 0 Å². The van der Waals surface area contributed by atoms with E-state index in [0.29, 0.717) is 29.4 Å². The van der Waals surface area contributed by atoms with Crippen molar-refractivity contribution in [3.05, 3.63) is 45.9 Å². The number of hydrogen-bond donors (Lipinski definition) is 3. The fourth-order valence-corrected chi connectivity index (χ4v) is 3.83. The highest BCUT2D eigenvalue weighted by molar-refractivity contribution is 7.80. The molecule has 11 heteroatoms. The summed E-state index contributed by atoms with van der Waals surface area (Å²) < 4.78 is 32.5. The number of ether oxygens (including phenoxy) is 2. The maximum absolute atomic E-state index is 12.4. The van der Waals surface area contributed by atoms with Crippen LogP contribution in [0.3, 0.4) is 0 Å². The standard InChI is InChI=1S/C20H27N3O6S2/c1-5-28-17(24)11-15-12-30-18(21-15)16(22-19(25)29-20(2,3)4)10-13-6-8-14(9-7-13)23-31(26)27/h6-9,12,16,23H,5,10-11H2,1-4H3,(H,22,25)(H,26,27)/t16-/m0/s1. The van der Waals surface area contributed by atoms with E-state index in [0.717, 1.165) is 5.56 Å². The monoisotopic (exact) mass is 469 g/mol. The van der Waals surface area contributed by atoms with E-state index in [-0.39, 0.29) is 12.4 Å². The fraction of sp³-hybridized carbons (Fsp3) is 0.450. The van der Waals surface area contributed by atoms with E-state index in [1.807, 2.05) is 0 Å². The molecule has 0 aliphatic rings. The Hall–Kier alpha value is -2.50. The second kappa shape index (κ2) is 11.2. The summed E-state index contributed by atoms with van der Waals surface area (Å²) in [7, 11) is 0. The van der Waals surface area contributed by atoms with Gasteiger partial charge in [0.05, 0.1) is 24.8 Å². The van der Waals surface area contributed by atoms with E-state index in [4.69, 9.17) is 14.0 Å². The number of rotatable bonds is 9. The van der Waals surface area contributed by atoms with Crippen LogP contribution in [0.2, 0.25) is 0 Å². The van der Waals surface area contributed by atoms with Crippen LogP contribution in [-0.4, -0.2) is 38.0 Å². The fourth-order valence-electron chi connectivity index (χ4n) is 2.62. The Balaban J connectivity index is 2.18. The first-order valence-electron chi connectivity index (χ1n) is 9.61. The molecule has 0 saturated carbocycles. The number of nitrogens with zero attached hydrogens (tertiary/aromatic N) is 1. The third-order valence-corrected chi connectivity index (χ3v) is 5.21. The molecule has 1 amide bonds. The molecule has 0 aliphatic carbocycles. The maximum atomic E-state index is 12.4. The van der Waals surface area contributed by atoms with Crippen molar-refractivity contribution in [1.29, 1.82) is 0 Å². The molecule has 0 bridgehead atoms. The number of carbonyl (C=O) groups excluding carboxylic acids is 2. The van der Waals surface area contributed by atoms with E-state index in [1.165, 1.54) is 11.3 Å². The molecule has 2 aromatic rings. The molecule has 31 heavy (non-hydrogen) atoms. The van der Waals surface area contributed by atoms with Gasteiger partial charge in [0, 0.05) is 11.1 Å². The van der Waals surface area contributed by atoms with Crippen molar-refractivity contribution in [2.75, 3.05) is 11.3 Å². The second-order valence-corrected chi connectivity index (χ2v) is 9.20. The average Bonchev–Trinajstić information content (AvgIpc) is 3.09. The lowest BCUT2D eigenvalue weighted by atomic mass is 10.1. The van der Waals surface area contributed by atoms with Gasteiger partial charge in [0.2, 0.25) is 0 Å². The number of amides is 1. The normalized spacial score (nSPS) is 13.2. The molecule has 0 aliphatic heterocycles. The highest BCUT2D eigenvalue weighted by atomic mass is 32.2. The molecular weight excluding hydrogens is 442 g/mol. The van der Waals surface area contributed by atoms with Crippen molar-refractivity contribution < 1.29 is 27.8 Å². The van der Waals surface area contributed by atoms with Crippen LogP contribution in [0.1, 0.15) is 50.0 Å². The Labute approximate surface area is 188 Å². The molecule has 1 heterocycles. The molecule has 170 valence electrons. The van der Waals surface area contributed by atoms with Gasteiger partial charge in [-0.05, 0) is 51.8 Å². The topological polar surface area (TPSA) is 127 Å². The molecular formula is C20H27N3O6S2. The van der Waals surface area contributed by atoms with Crippen LogP contribution in [0.5, 0.6) is 0 Å². The molecule has 0 radical (unpaired) electrons. The minimum atomic E-state index is -2.15. The van der Waals surface area contributed by atoms with Crippen LogP contribution >= 0.6 is 11.3 Å². The summed E-state index contributed by atoms with van der Waals surface area (Å²) in [5, 5.41) is 5.24. The number of thiazole rings is 1. The van der Waals surface area contributed by atoms with E-state index < -0.39 is 29.0 Å². The summed E-state index contributed by atoms with van der Waals surface area (Å²) in [5.74, 6) is -0.361. The molecule has 0 spiro atoms.